The summed E-state index contributed by atoms with van der Waals surface area (Å²) < 4.78 is 1.74. The summed E-state index contributed by atoms with van der Waals surface area (Å²) in [5, 5.41) is 18.7. The summed E-state index contributed by atoms with van der Waals surface area (Å²) in [6.07, 6.45) is 8.26. The summed E-state index contributed by atoms with van der Waals surface area (Å²) >= 11 is 0. The fourth-order valence-corrected chi connectivity index (χ4v) is 2.92. The Labute approximate surface area is 133 Å². The van der Waals surface area contributed by atoms with E-state index >= 15 is 0 Å². The Balaban J connectivity index is 2.18. The molecule has 0 radical (unpaired) electrons. The molecule has 0 fully saturated rings. The van der Waals surface area contributed by atoms with E-state index < -0.39 is 11.4 Å². The molecule has 5 heteroatoms. The Kier molecular flexibility index (Phi) is 4.02. The Morgan fingerprint density at radius 2 is 1.91 bits per heavy atom. The lowest BCUT2D eigenvalue weighted by Gasteiger charge is -2.23. The molecule has 5 nitrogen and oxygen atoms in total. The van der Waals surface area contributed by atoms with Crippen molar-refractivity contribution in [1.82, 2.24) is 4.57 Å². The number of aromatic nitrogens is 1. The van der Waals surface area contributed by atoms with E-state index in [0.717, 1.165) is 30.6 Å². The van der Waals surface area contributed by atoms with Gasteiger partial charge in [-0.25, -0.2) is 4.79 Å². The molecule has 1 aromatic heterocycles. The number of rotatable bonds is 3. The number of aromatic hydroxyl groups is 1. The van der Waals surface area contributed by atoms with Crippen LogP contribution >= 0.6 is 0 Å². The van der Waals surface area contributed by atoms with E-state index in [-0.39, 0.29) is 17.2 Å². The minimum absolute atomic E-state index is 0.135. The third-order valence-electron chi connectivity index (χ3n) is 4.13. The number of carboxylic acids is 1. The number of benzene rings is 1. The van der Waals surface area contributed by atoms with E-state index in [9.17, 15) is 19.8 Å². The van der Waals surface area contributed by atoms with Crippen LogP contribution in [0.2, 0.25) is 0 Å². The number of carbonyl (C=O) groups is 1. The zero-order valence-corrected chi connectivity index (χ0v) is 12.5. The molecule has 0 aliphatic heterocycles. The highest BCUT2D eigenvalue weighted by Crippen LogP contribution is 2.30. The highest BCUT2D eigenvalue weighted by molar-refractivity contribution is 5.87. The normalized spacial score (nSPS) is 17.1. The quantitative estimate of drug-likeness (QED) is 0.854. The Morgan fingerprint density at radius 3 is 2.52 bits per heavy atom. The Hall–Kier alpha value is -2.82. The summed E-state index contributed by atoms with van der Waals surface area (Å²) in [6, 6.07) is 7.91. The standard InChI is InChI=1S/C18H17NO4/c20-14-8-6-13(7-9-14)19-11-15(18(22)23)17(21)10-16(19)12-4-2-1-3-5-12/h1-2,6-12,20H,3-5H2,(H,22,23). The average molecular weight is 311 g/mol. The first-order valence-electron chi connectivity index (χ1n) is 7.50. The van der Waals surface area contributed by atoms with Crippen LogP contribution in [0.5, 0.6) is 5.75 Å². The fraction of sp³-hybridized carbons (Fsp3) is 0.222. The molecule has 1 unspecified atom stereocenters. The molecular weight excluding hydrogens is 294 g/mol. The third kappa shape index (κ3) is 3.04. The lowest BCUT2D eigenvalue weighted by atomic mass is 9.90. The molecule has 2 N–H and O–H groups in total. The second kappa shape index (κ2) is 6.12. The van der Waals surface area contributed by atoms with Crippen molar-refractivity contribution in [3.63, 3.8) is 0 Å². The van der Waals surface area contributed by atoms with Crippen LogP contribution in [0.3, 0.4) is 0 Å². The van der Waals surface area contributed by atoms with Gasteiger partial charge in [-0.05, 0) is 43.5 Å². The van der Waals surface area contributed by atoms with Gasteiger partial charge in [0.1, 0.15) is 11.3 Å². The predicted molar refractivity (Wildman–Crippen MR) is 86.4 cm³/mol. The summed E-state index contributed by atoms with van der Waals surface area (Å²) in [6.45, 7) is 0. The van der Waals surface area contributed by atoms with Crippen molar-refractivity contribution in [1.29, 1.82) is 0 Å². The van der Waals surface area contributed by atoms with Gasteiger partial charge in [-0.15, -0.1) is 0 Å². The van der Waals surface area contributed by atoms with Crippen molar-refractivity contribution in [3.05, 3.63) is 70.2 Å². The smallest absolute Gasteiger partial charge is 0.341 e. The van der Waals surface area contributed by atoms with Crippen LogP contribution in [-0.4, -0.2) is 20.7 Å². The second-order valence-corrected chi connectivity index (χ2v) is 5.65. The minimum atomic E-state index is -1.24. The molecule has 118 valence electrons. The molecule has 0 bridgehead atoms. The summed E-state index contributed by atoms with van der Waals surface area (Å²) in [5.41, 5.74) is 0.787. The van der Waals surface area contributed by atoms with E-state index in [1.54, 1.807) is 28.8 Å². The van der Waals surface area contributed by atoms with Crippen molar-refractivity contribution < 1.29 is 15.0 Å². The first-order valence-corrected chi connectivity index (χ1v) is 7.50. The van der Waals surface area contributed by atoms with Gasteiger partial charge >= 0.3 is 5.97 Å². The maximum absolute atomic E-state index is 12.1. The first-order chi connectivity index (χ1) is 11.1. The van der Waals surface area contributed by atoms with Gasteiger partial charge in [-0.1, -0.05) is 12.2 Å². The van der Waals surface area contributed by atoms with Crippen LogP contribution < -0.4 is 5.43 Å². The van der Waals surface area contributed by atoms with Crippen LogP contribution in [0.25, 0.3) is 5.69 Å². The first kappa shape index (κ1) is 15.1. The molecule has 1 atom stereocenters. The van der Waals surface area contributed by atoms with Crippen molar-refractivity contribution in [2.45, 2.75) is 25.2 Å². The van der Waals surface area contributed by atoms with Crippen molar-refractivity contribution in [2.24, 2.45) is 0 Å². The zero-order chi connectivity index (χ0) is 16.4. The Bertz CT molecular complexity index is 818. The molecule has 2 aromatic rings. The van der Waals surface area contributed by atoms with Gasteiger partial charge in [0.05, 0.1) is 0 Å². The van der Waals surface area contributed by atoms with E-state index in [1.165, 1.54) is 12.3 Å². The highest BCUT2D eigenvalue weighted by atomic mass is 16.4. The van der Waals surface area contributed by atoms with Crippen molar-refractivity contribution in [3.8, 4) is 11.4 Å². The molecule has 0 saturated carbocycles. The molecule has 3 rings (SSSR count). The molecule has 23 heavy (non-hydrogen) atoms. The molecule has 1 aromatic carbocycles. The molecule has 0 spiro atoms. The number of phenols is 1. The number of hydrogen-bond donors (Lipinski definition) is 2. The van der Waals surface area contributed by atoms with Crippen molar-refractivity contribution >= 4 is 5.97 Å². The van der Waals surface area contributed by atoms with E-state index in [0.29, 0.717) is 0 Å². The largest absolute Gasteiger partial charge is 0.508 e. The number of allylic oxidation sites excluding steroid dienone is 2. The van der Waals surface area contributed by atoms with Gasteiger partial charge in [0.15, 0.2) is 5.43 Å². The topological polar surface area (TPSA) is 79.5 Å². The monoisotopic (exact) mass is 311 g/mol. The SMILES string of the molecule is O=C(O)c1cn(-c2ccc(O)cc2)c(C2CC=CCC2)cc1=O. The Morgan fingerprint density at radius 1 is 1.17 bits per heavy atom. The summed E-state index contributed by atoms with van der Waals surface area (Å²) in [5.74, 6) is -0.933. The maximum Gasteiger partial charge on any atom is 0.341 e. The van der Waals surface area contributed by atoms with Gasteiger partial charge in [-0.2, -0.15) is 0 Å². The summed E-state index contributed by atoms with van der Waals surface area (Å²) in [7, 11) is 0. The van der Waals surface area contributed by atoms with E-state index in [4.69, 9.17) is 0 Å². The predicted octanol–water partition coefficient (Wildman–Crippen LogP) is 3.07. The molecule has 1 heterocycles. The number of hydrogen-bond acceptors (Lipinski definition) is 3. The van der Waals surface area contributed by atoms with Crippen LogP contribution in [0.1, 0.15) is 41.2 Å². The third-order valence-corrected chi connectivity index (χ3v) is 4.13. The number of carboxylic acid groups (broad SMARTS) is 1. The van der Waals surface area contributed by atoms with Gasteiger partial charge < -0.3 is 14.8 Å². The summed E-state index contributed by atoms with van der Waals surface area (Å²) in [4.78, 5) is 23.4. The number of nitrogens with zero attached hydrogens (tertiary/aromatic N) is 1. The lowest BCUT2D eigenvalue weighted by molar-refractivity contribution is 0.0694. The van der Waals surface area contributed by atoms with Gasteiger partial charge in [0.25, 0.3) is 0 Å². The van der Waals surface area contributed by atoms with Gasteiger partial charge in [0, 0.05) is 29.6 Å². The van der Waals surface area contributed by atoms with Crippen LogP contribution in [0.15, 0.2) is 53.5 Å². The lowest BCUT2D eigenvalue weighted by Crippen LogP contribution is -2.21. The number of pyridine rings is 1. The van der Waals surface area contributed by atoms with E-state index in [2.05, 4.69) is 12.2 Å². The van der Waals surface area contributed by atoms with Crippen molar-refractivity contribution in [2.75, 3.05) is 0 Å². The molecule has 0 amide bonds. The molecule has 1 aliphatic carbocycles. The minimum Gasteiger partial charge on any atom is -0.508 e. The second-order valence-electron chi connectivity index (χ2n) is 5.65. The van der Waals surface area contributed by atoms with Gasteiger partial charge in [-0.3, -0.25) is 4.79 Å². The number of phenolic OH excluding ortho intramolecular Hbond substituents is 1. The van der Waals surface area contributed by atoms with Crippen LogP contribution in [-0.2, 0) is 0 Å². The highest BCUT2D eigenvalue weighted by Gasteiger charge is 2.20. The zero-order valence-electron chi connectivity index (χ0n) is 12.5. The molecular formula is C18H17NO4. The average Bonchev–Trinajstić information content (AvgIpc) is 2.56. The fourth-order valence-electron chi connectivity index (χ4n) is 2.92. The molecule has 0 saturated heterocycles. The van der Waals surface area contributed by atoms with Gasteiger partial charge in [0.2, 0.25) is 0 Å². The van der Waals surface area contributed by atoms with Crippen LogP contribution in [0.4, 0.5) is 0 Å². The van der Waals surface area contributed by atoms with Crippen LogP contribution in [0, 0.1) is 0 Å². The number of aromatic carboxylic acids is 1. The molecule has 1 aliphatic rings. The van der Waals surface area contributed by atoms with E-state index in [1.807, 2.05) is 0 Å². The maximum atomic E-state index is 12.1.